The van der Waals surface area contributed by atoms with Crippen LogP contribution in [0, 0.1) is 0 Å². The third kappa shape index (κ3) is 1.46. The minimum Gasteiger partial charge on any atom is -0.328 e. The van der Waals surface area contributed by atoms with Crippen molar-refractivity contribution in [2.75, 3.05) is 0 Å². The van der Waals surface area contributed by atoms with Gasteiger partial charge in [-0.05, 0) is 25.7 Å². The van der Waals surface area contributed by atoms with Crippen LogP contribution in [0.5, 0.6) is 0 Å². The maximum atomic E-state index is 10.6. The number of hydrogen-bond acceptors (Lipinski definition) is 1. The summed E-state index contributed by atoms with van der Waals surface area (Å²) in [6.45, 7) is 0. The highest BCUT2D eigenvalue weighted by atomic mass is 16.3. The molecule has 1 saturated carbocycles. The van der Waals surface area contributed by atoms with Crippen molar-refractivity contribution < 1.29 is 5.11 Å². The fraction of sp³-hybridized carbons (Fsp3) is 1.00. The Labute approximate surface area is 49.7 Å². The van der Waals surface area contributed by atoms with Gasteiger partial charge in [-0.25, -0.2) is 5.11 Å². The van der Waals surface area contributed by atoms with Crippen LogP contribution in [0.4, 0.5) is 0 Å². The fourth-order valence-electron chi connectivity index (χ4n) is 1.09. The van der Waals surface area contributed by atoms with Crippen LogP contribution in [0.25, 0.3) is 0 Å². The molecule has 0 unspecified atom stereocenters. The first kappa shape index (κ1) is 6.05. The normalized spacial score (nSPS) is 39.8. The van der Waals surface area contributed by atoms with Gasteiger partial charge in [0.05, 0.1) is 6.10 Å². The van der Waals surface area contributed by atoms with E-state index in [0.29, 0.717) is 6.04 Å². The molecule has 1 rings (SSSR count). The Bertz CT molecular complexity index is 56.9. The molecule has 2 N–H and O–H groups in total. The van der Waals surface area contributed by atoms with Gasteiger partial charge in [0.15, 0.2) is 0 Å². The van der Waals surface area contributed by atoms with Crippen molar-refractivity contribution in [2.45, 2.75) is 37.8 Å². The minimum atomic E-state index is -0.310. The molecule has 47 valence electrons. The quantitative estimate of drug-likeness (QED) is 0.494. The molecule has 0 aromatic rings. The number of rotatable bonds is 0. The van der Waals surface area contributed by atoms with E-state index >= 15 is 0 Å². The first-order valence-corrected chi connectivity index (χ1v) is 3.20. The minimum absolute atomic E-state index is 0.310. The average molecular weight is 114 g/mol. The Kier molecular flexibility index (Phi) is 1.86. The molecule has 0 atom stereocenters. The summed E-state index contributed by atoms with van der Waals surface area (Å²) in [7, 11) is 0. The predicted molar refractivity (Wildman–Crippen MR) is 30.9 cm³/mol. The van der Waals surface area contributed by atoms with Crippen molar-refractivity contribution in [3.63, 3.8) is 0 Å². The van der Waals surface area contributed by atoms with E-state index in [4.69, 9.17) is 5.73 Å². The van der Waals surface area contributed by atoms with E-state index in [1.165, 1.54) is 0 Å². The molecule has 1 fully saturated rings. The fourth-order valence-corrected chi connectivity index (χ4v) is 1.09. The first-order chi connectivity index (χ1) is 3.79. The Balaban J connectivity index is 2.19. The van der Waals surface area contributed by atoms with Gasteiger partial charge in [0.2, 0.25) is 0 Å². The third-order valence-electron chi connectivity index (χ3n) is 1.72. The summed E-state index contributed by atoms with van der Waals surface area (Å²) < 4.78 is 0. The Hall–Kier alpha value is -0.0800. The summed E-state index contributed by atoms with van der Waals surface area (Å²) in [5, 5.41) is 10.6. The van der Waals surface area contributed by atoms with E-state index in [-0.39, 0.29) is 6.10 Å². The van der Waals surface area contributed by atoms with Crippen LogP contribution < -0.4 is 5.73 Å². The third-order valence-corrected chi connectivity index (χ3v) is 1.72. The summed E-state index contributed by atoms with van der Waals surface area (Å²) in [4.78, 5) is 0. The van der Waals surface area contributed by atoms with Crippen LogP contribution in [0.15, 0.2) is 0 Å². The highest BCUT2D eigenvalue weighted by molar-refractivity contribution is 4.72. The van der Waals surface area contributed by atoms with E-state index in [1.54, 1.807) is 0 Å². The molecule has 2 nitrogen and oxygen atoms in total. The van der Waals surface area contributed by atoms with Crippen LogP contribution in [0.3, 0.4) is 0 Å². The topological polar surface area (TPSA) is 45.9 Å². The standard InChI is InChI=1S/C6H12NO/c7-5-1-3-6(8)4-2-5/h5-6H,1-4,7H2. The largest absolute Gasteiger partial charge is 0.328 e. The maximum absolute atomic E-state index is 10.6. The smallest absolute Gasteiger partial charge is 0.0931 e. The van der Waals surface area contributed by atoms with Crippen molar-refractivity contribution >= 4 is 0 Å². The van der Waals surface area contributed by atoms with Gasteiger partial charge in [-0.3, -0.25) is 0 Å². The van der Waals surface area contributed by atoms with Gasteiger partial charge in [-0.2, -0.15) is 0 Å². The Morgan fingerprint density at radius 3 is 2.00 bits per heavy atom. The highest BCUT2D eigenvalue weighted by Crippen LogP contribution is 2.16. The lowest BCUT2D eigenvalue weighted by Gasteiger charge is -2.19. The molecule has 0 aromatic carbocycles. The molecule has 0 spiro atoms. The lowest BCUT2D eigenvalue weighted by Crippen LogP contribution is -2.27. The maximum Gasteiger partial charge on any atom is 0.0931 e. The van der Waals surface area contributed by atoms with Crippen LogP contribution >= 0.6 is 0 Å². The first-order valence-electron chi connectivity index (χ1n) is 3.20. The molecule has 0 bridgehead atoms. The molecule has 0 aliphatic heterocycles. The van der Waals surface area contributed by atoms with E-state index in [9.17, 15) is 5.11 Å². The van der Waals surface area contributed by atoms with Gasteiger partial charge in [0, 0.05) is 6.04 Å². The molecule has 1 aliphatic carbocycles. The van der Waals surface area contributed by atoms with Crippen molar-refractivity contribution in [3.8, 4) is 0 Å². The second-order valence-corrected chi connectivity index (χ2v) is 2.54. The monoisotopic (exact) mass is 114 g/mol. The SMILES string of the molecule is NC1CCC([O])CC1. The molecule has 0 heterocycles. The molecule has 2 heteroatoms. The zero-order chi connectivity index (χ0) is 5.98. The molecule has 1 aliphatic rings. The Morgan fingerprint density at radius 1 is 1.12 bits per heavy atom. The summed E-state index contributed by atoms with van der Waals surface area (Å²) in [5.74, 6) is 0. The van der Waals surface area contributed by atoms with E-state index in [0.717, 1.165) is 25.7 Å². The molecule has 8 heavy (non-hydrogen) atoms. The van der Waals surface area contributed by atoms with Gasteiger partial charge in [-0.1, -0.05) is 0 Å². The van der Waals surface area contributed by atoms with Gasteiger partial charge >= 0.3 is 0 Å². The van der Waals surface area contributed by atoms with Gasteiger partial charge in [0.25, 0.3) is 0 Å². The second kappa shape index (κ2) is 2.46. The van der Waals surface area contributed by atoms with Crippen LogP contribution in [-0.4, -0.2) is 12.1 Å². The van der Waals surface area contributed by atoms with Gasteiger partial charge < -0.3 is 5.73 Å². The van der Waals surface area contributed by atoms with Crippen LogP contribution in [0.2, 0.25) is 0 Å². The van der Waals surface area contributed by atoms with Crippen LogP contribution in [-0.2, 0) is 5.11 Å². The molecular formula is C6H12NO. The molecule has 0 saturated heterocycles. The average Bonchev–Trinajstić information content (AvgIpc) is 1.77. The second-order valence-electron chi connectivity index (χ2n) is 2.54. The summed E-state index contributed by atoms with van der Waals surface area (Å²) in [5.41, 5.74) is 5.56. The lowest BCUT2D eigenvalue weighted by molar-refractivity contribution is 0.0519. The zero-order valence-electron chi connectivity index (χ0n) is 4.97. The van der Waals surface area contributed by atoms with Crippen LogP contribution in [0.1, 0.15) is 25.7 Å². The highest BCUT2D eigenvalue weighted by Gasteiger charge is 2.16. The lowest BCUT2D eigenvalue weighted by atomic mass is 9.94. The van der Waals surface area contributed by atoms with Crippen molar-refractivity contribution in [3.05, 3.63) is 0 Å². The number of hydrogen-bond donors (Lipinski definition) is 1. The molecular weight excluding hydrogens is 102 g/mol. The van der Waals surface area contributed by atoms with E-state index in [2.05, 4.69) is 0 Å². The summed E-state index contributed by atoms with van der Waals surface area (Å²) in [6, 6.07) is 0.320. The van der Waals surface area contributed by atoms with Crippen molar-refractivity contribution in [2.24, 2.45) is 5.73 Å². The molecule has 0 amide bonds. The van der Waals surface area contributed by atoms with Crippen molar-refractivity contribution in [1.82, 2.24) is 0 Å². The molecule has 0 aromatic heterocycles. The van der Waals surface area contributed by atoms with Gasteiger partial charge in [0.1, 0.15) is 0 Å². The van der Waals surface area contributed by atoms with E-state index < -0.39 is 0 Å². The number of nitrogens with two attached hydrogens (primary N) is 1. The summed E-state index contributed by atoms with van der Waals surface area (Å²) in [6.07, 6.45) is 3.15. The zero-order valence-corrected chi connectivity index (χ0v) is 4.97. The predicted octanol–water partition coefficient (Wildman–Crippen LogP) is 0.687. The summed E-state index contributed by atoms with van der Waals surface area (Å²) >= 11 is 0. The van der Waals surface area contributed by atoms with Crippen molar-refractivity contribution in [1.29, 1.82) is 0 Å². The van der Waals surface area contributed by atoms with Gasteiger partial charge in [-0.15, -0.1) is 0 Å². The van der Waals surface area contributed by atoms with E-state index in [1.807, 2.05) is 0 Å². The molecule has 1 radical (unpaired) electrons. The Morgan fingerprint density at radius 2 is 1.62 bits per heavy atom.